The van der Waals surface area contributed by atoms with Crippen molar-refractivity contribution in [2.24, 2.45) is 5.92 Å². The minimum absolute atomic E-state index is 0. The van der Waals surface area contributed by atoms with Gasteiger partial charge in [0.2, 0.25) is 0 Å². The summed E-state index contributed by atoms with van der Waals surface area (Å²) in [5.74, 6) is 0.760. The molecule has 0 saturated carbocycles. The zero-order valence-corrected chi connectivity index (χ0v) is 8.62. The van der Waals surface area contributed by atoms with Gasteiger partial charge in [0.15, 0.2) is 0 Å². The van der Waals surface area contributed by atoms with Gasteiger partial charge in [-0.05, 0) is 37.2 Å². The van der Waals surface area contributed by atoms with E-state index in [9.17, 15) is 0 Å². The van der Waals surface area contributed by atoms with Gasteiger partial charge in [0.05, 0.1) is 0 Å². The first-order chi connectivity index (χ1) is 4.88. The third kappa shape index (κ3) is 1.68. The van der Waals surface area contributed by atoms with E-state index in [1.165, 1.54) is 25.7 Å². The minimum Gasteiger partial charge on any atom is -0.0773 e. The van der Waals surface area contributed by atoms with E-state index in [4.69, 9.17) is 0 Å². The monoisotopic (exact) mass is 182 g/mol. The predicted octanol–water partition coefficient (Wildman–Crippen LogP) is 3.06. The van der Waals surface area contributed by atoms with Gasteiger partial charge in [-0.25, -0.2) is 0 Å². The van der Waals surface area contributed by atoms with E-state index in [-0.39, 0.29) is 21.7 Å². The Morgan fingerprint density at radius 1 is 1.27 bits per heavy atom. The van der Waals surface area contributed by atoms with Gasteiger partial charge in [-0.1, -0.05) is 24.6 Å². The van der Waals surface area contributed by atoms with Crippen LogP contribution in [0.4, 0.5) is 0 Å². The van der Waals surface area contributed by atoms with Gasteiger partial charge < -0.3 is 0 Å². The fraction of sp³-hybridized carbons (Fsp3) is 0.600. The van der Waals surface area contributed by atoms with Gasteiger partial charge in [0.1, 0.15) is 0 Å². The van der Waals surface area contributed by atoms with Crippen LogP contribution in [0.5, 0.6) is 0 Å². The Morgan fingerprint density at radius 3 is 2.73 bits per heavy atom. The summed E-state index contributed by atoms with van der Waals surface area (Å²) in [7, 11) is 0. The van der Waals surface area contributed by atoms with Gasteiger partial charge in [-0.15, -0.1) is 0 Å². The summed E-state index contributed by atoms with van der Waals surface area (Å²) in [6.45, 7) is 2.31. The molecule has 0 bridgehead atoms. The predicted molar refractivity (Wildman–Crippen MR) is 43.8 cm³/mol. The van der Waals surface area contributed by atoms with Crippen molar-refractivity contribution in [2.75, 3.05) is 0 Å². The maximum Gasteiger partial charge on any atom is 0 e. The van der Waals surface area contributed by atoms with Crippen LogP contribution in [0.15, 0.2) is 23.3 Å². The van der Waals surface area contributed by atoms with Crippen LogP contribution in [0, 0.1) is 5.92 Å². The van der Waals surface area contributed by atoms with E-state index >= 15 is 0 Å². The molecule has 0 spiro atoms. The second kappa shape index (κ2) is 3.73. The Morgan fingerprint density at radius 2 is 2.00 bits per heavy atom. The van der Waals surface area contributed by atoms with E-state index in [2.05, 4.69) is 19.1 Å². The SMILES string of the molecule is CC1C=CC2=C1CCCC2.[Ti]. The van der Waals surface area contributed by atoms with Crippen molar-refractivity contribution in [1.29, 1.82) is 0 Å². The number of hydrogen-bond acceptors (Lipinski definition) is 0. The summed E-state index contributed by atoms with van der Waals surface area (Å²) in [6.07, 6.45) is 10.2. The number of hydrogen-bond donors (Lipinski definition) is 0. The van der Waals surface area contributed by atoms with E-state index in [0.29, 0.717) is 0 Å². The molecule has 0 saturated heterocycles. The molecular weight excluding hydrogens is 168 g/mol. The Labute approximate surface area is 83.6 Å². The molecule has 2 aliphatic rings. The first-order valence-electron chi connectivity index (χ1n) is 4.28. The molecule has 0 radical (unpaired) electrons. The van der Waals surface area contributed by atoms with Crippen LogP contribution >= 0.6 is 0 Å². The Balaban J connectivity index is 0.000000605. The molecule has 0 aromatic rings. The molecule has 2 rings (SSSR count). The first kappa shape index (κ1) is 9.28. The summed E-state index contributed by atoms with van der Waals surface area (Å²) < 4.78 is 0. The van der Waals surface area contributed by atoms with Crippen LogP contribution < -0.4 is 0 Å². The van der Waals surface area contributed by atoms with Crippen molar-refractivity contribution in [2.45, 2.75) is 32.6 Å². The van der Waals surface area contributed by atoms with Crippen molar-refractivity contribution in [1.82, 2.24) is 0 Å². The van der Waals surface area contributed by atoms with E-state index in [0.717, 1.165) is 5.92 Å². The Bertz CT molecular complexity index is 201. The first-order valence-corrected chi connectivity index (χ1v) is 4.28. The minimum atomic E-state index is 0. The zero-order chi connectivity index (χ0) is 6.97. The topological polar surface area (TPSA) is 0 Å². The fourth-order valence-corrected chi connectivity index (χ4v) is 2.04. The molecule has 0 aromatic heterocycles. The van der Waals surface area contributed by atoms with Gasteiger partial charge >= 0.3 is 0 Å². The van der Waals surface area contributed by atoms with Crippen molar-refractivity contribution in [3.05, 3.63) is 23.3 Å². The van der Waals surface area contributed by atoms with Crippen molar-refractivity contribution in [3.63, 3.8) is 0 Å². The largest absolute Gasteiger partial charge is 0.0773 e. The van der Waals surface area contributed by atoms with E-state index in [1.54, 1.807) is 11.1 Å². The van der Waals surface area contributed by atoms with Crippen LogP contribution in [-0.2, 0) is 21.7 Å². The van der Waals surface area contributed by atoms with Crippen LogP contribution in [0.25, 0.3) is 0 Å². The molecule has 0 nitrogen and oxygen atoms in total. The molecular formula is C10H14Ti. The van der Waals surface area contributed by atoms with E-state index in [1.807, 2.05) is 0 Å². The molecule has 0 aromatic carbocycles. The maximum absolute atomic E-state index is 2.34. The van der Waals surface area contributed by atoms with Gasteiger partial charge in [0, 0.05) is 21.7 Å². The maximum atomic E-state index is 2.34. The molecule has 1 atom stereocenters. The Hall–Kier alpha value is 0.194. The second-order valence-corrected chi connectivity index (χ2v) is 3.41. The Kier molecular flexibility index (Phi) is 3.15. The van der Waals surface area contributed by atoms with Gasteiger partial charge in [-0.3, -0.25) is 0 Å². The quantitative estimate of drug-likeness (QED) is 0.505. The fourth-order valence-electron chi connectivity index (χ4n) is 2.04. The van der Waals surface area contributed by atoms with Crippen LogP contribution in [0.3, 0.4) is 0 Å². The summed E-state index contributed by atoms with van der Waals surface area (Å²) in [5, 5.41) is 0. The average molecular weight is 182 g/mol. The third-order valence-corrected chi connectivity index (χ3v) is 2.69. The van der Waals surface area contributed by atoms with Crippen molar-refractivity contribution >= 4 is 0 Å². The standard InChI is InChI=1S/C10H14.Ti/c1-8-6-7-9-4-2-3-5-10(8)9;/h6-8H,2-5H2,1H3;. The molecule has 0 heterocycles. The van der Waals surface area contributed by atoms with Crippen LogP contribution in [0.1, 0.15) is 32.6 Å². The van der Waals surface area contributed by atoms with Gasteiger partial charge in [0.25, 0.3) is 0 Å². The molecule has 0 aliphatic heterocycles. The van der Waals surface area contributed by atoms with E-state index < -0.39 is 0 Å². The zero-order valence-electron chi connectivity index (χ0n) is 7.06. The smallest absolute Gasteiger partial charge is 0 e. The molecule has 11 heavy (non-hydrogen) atoms. The van der Waals surface area contributed by atoms with Crippen LogP contribution in [0.2, 0.25) is 0 Å². The summed E-state index contributed by atoms with van der Waals surface area (Å²) >= 11 is 0. The molecule has 58 valence electrons. The molecule has 0 amide bonds. The molecule has 1 heteroatoms. The molecule has 1 unspecified atom stereocenters. The van der Waals surface area contributed by atoms with Gasteiger partial charge in [-0.2, -0.15) is 0 Å². The summed E-state index contributed by atoms with van der Waals surface area (Å²) in [4.78, 5) is 0. The molecule has 0 N–H and O–H groups in total. The summed E-state index contributed by atoms with van der Waals surface area (Å²) in [6, 6.07) is 0. The van der Waals surface area contributed by atoms with Crippen molar-refractivity contribution < 1.29 is 21.7 Å². The molecule has 2 aliphatic carbocycles. The summed E-state index contributed by atoms with van der Waals surface area (Å²) in [5.41, 5.74) is 3.38. The molecule has 0 fully saturated rings. The average Bonchev–Trinajstić information content (AvgIpc) is 2.34. The third-order valence-electron chi connectivity index (χ3n) is 2.69. The van der Waals surface area contributed by atoms with Crippen LogP contribution in [-0.4, -0.2) is 0 Å². The number of rotatable bonds is 0. The van der Waals surface area contributed by atoms with Crippen molar-refractivity contribution in [3.8, 4) is 0 Å². The second-order valence-electron chi connectivity index (χ2n) is 3.41. The number of allylic oxidation sites excluding steroid dienone is 4. The normalized spacial score (nSPS) is 28.3.